The highest BCUT2D eigenvalue weighted by Crippen LogP contribution is 2.63. The first-order valence-corrected chi connectivity index (χ1v) is 19.5. The zero-order chi connectivity index (χ0) is 36.8. The van der Waals surface area contributed by atoms with Gasteiger partial charge in [-0.25, -0.2) is 24.3 Å². The van der Waals surface area contributed by atoms with Crippen LogP contribution in [0, 0.1) is 0 Å². The molecule has 0 radical (unpaired) electrons. The van der Waals surface area contributed by atoms with E-state index in [0.717, 1.165) is 22.0 Å². The number of methoxy groups -OCH3 is 1. The van der Waals surface area contributed by atoms with Gasteiger partial charge in [0, 0.05) is 43.7 Å². The molecule has 19 nitrogen and oxygen atoms in total. The number of unbranched alkanes of at least 4 members (excludes halogenated alkanes) is 1. The zero-order valence-corrected chi connectivity index (χ0v) is 29.6. The molecule has 8 atom stereocenters. The predicted molar refractivity (Wildman–Crippen MR) is 186 cm³/mol. The van der Waals surface area contributed by atoms with E-state index in [-0.39, 0.29) is 30.5 Å². The number of hydrogen-bond donors (Lipinski definition) is 5. The van der Waals surface area contributed by atoms with Gasteiger partial charge in [-0.15, -0.1) is 0 Å². The second-order valence-electron chi connectivity index (χ2n) is 12.0. The van der Waals surface area contributed by atoms with Crippen molar-refractivity contribution in [1.29, 1.82) is 0 Å². The van der Waals surface area contributed by atoms with Crippen LogP contribution in [0.15, 0.2) is 64.8 Å². The number of H-pyrrole nitrogens is 1. The molecule has 4 aromatic rings. The van der Waals surface area contributed by atoms with Crippen LogP contribution in [0.2, 0.25) is 0 Å². The van der Waals surface area contributed by atoms with Crippen molar-refractivity contribution in [1.82, 2.24) is 34.4 Å². The molecule has 2 fully saturated rings. The molecule has 0 aliphatic carbocycles. The lowest BCUT2D eigenvalue weighted by molar-refractivity contribution is -0.0625. The number of nitrogens with zero attached hydrogens (tertiary/aromatic N) is 5. The van der Waals surface area contributed by atoms with E-state index >= 15 is 0 Å². The number of rotatable bonds is 16. The summed E-state index contributed by atoms with van der Waals surface area (Å²) in [6.45, 7) is -4.74. The number of benzene rings is 1. The number of anilines is 1. The van der Waals surface area contributed by atoms with Gasteiger partial charge in [-0.3, -0.25) is 32.8 Å². The Morgan fingerprint density at radius 2 is 1.92 bits per heavy atom. The fourth-order valence-electron chi connectivity index (χ4n) is 5.91. The van der Waals surface area contributed by atoms with Gasteiger partial charge in [0.05, 0.1) is 25.6 Å². The summed E-state index contributed by atoms with van der Waals surface area (Å²) in [6, 6.07) is 9.92. The Bertz CT molecular complexity index is 2000. The smallest absolute Gasteiger partial charge is 0.389 e. The summed E-state index contributed by atoms with van der Waals surface area (Å²) in [5, 5.41) is 24.0. The second kappa shape index (κ2) is 16.8. The van der Waals surface area contributed by atoms with Gasteiger partial charge < -0.3 is 35.5 Å². The van der Waals surface area contributed by atoms with E-state index in [1.165, 1.54) is 26.0 Å². The summed E-state index contributed by atoms with van der Waals surface area (Å²) in [5.74, 6) is 0.251. The number of nitrogen functional groups attached to an aromatic ring is 1. The van der Waals surface area contributed by atoms with Crippen LogP contribution in [0.25, 0.3) is 11.2 Å². The number of nitrogens with one attached hydrogen (secondary N) is 2. The lowest BCUT2D eigenvalue weighted by Crippen LogP contribution is -2.39. The highest BCUT2D eigenvalue weighted by molar-refractivity contribution is 8.55. The summed E-state index contributed by atoms with van der Waals surface area (Å²) in [5.41, 5.74) is 5.83. The molecular formula is C31H39N8O11PS. The van der Waals surface area contributed by atoms with Crippen LogP contribution < -0.4 is 22.3 Å². The number of ether oxygens (including phenoxy) is 3. The van der Waals surface area contributed by atoms with Crippen LogP contribution in [0.5, 0.6) is 0 Å². The Morgan fingerprint density at radius 3 is 2.67 bits per heavy atom. The Balaban J connectivity index is 1.14. The molecule has 1 aromatic carbocycles. The molecule has 2 aliphatic heterocycles. The number of fused-ring (bicyclic) bond motifs is 1. The lowest BCUT2D eigenvalue weighted by atomic mass is 10.1. The average Bonchev–Trinajstić information content (AvgIpc) is 3.84. The quantitative estimate of drug-likeness (QED) is 0.0787. The third-order valence-corrected chi connectivity index (χ3v) is 12.4. The number of aliphatic hydroxyl groups is 2. The summed E-state index contributed by atoms with van der Waals surface area (Å²) >= 11 is 0.886. The van der Waals surface area contributed by atoms with Gasteiger partial charge >= 0.3 is 12.5 Å². The highest BCUT2D eigenvalue weighted by Gasteiger charge is 2.50. The normalized spacial score (nSPS) is 25.7. The van der Waals surface area contributed by atoms with Gasteiger partial charge in [-0.2, -0.15) is 0 Å². The minimum absolute atomic E-state index is 0.140. The highest BCUT2D eigenvalue weighted by atomic mass is 32.7. The number of hydrogen-bond acceptors (Lipinski definition) is 16. The molecule has 6 N–H and O–H groups in total. The monoisotopic (exact) mass is 762 g/mol. The molecule has 2 aliphatic rings. The number of carbonyl (C=O) groups is 1. The van der Waals surface area contributed by atoms with E-state index in [9.17, 15) is 29.2 Å². The number of nitrogens with two attached hydrogens (primary N) is 1. The first-order valence-electron chi connectivity index (χ1n) is 16.4. The van der Waals surface area contributed by atoms with Crippen LogP contribution in [-0.2, 0) is 27.8 Å². The van der Waals surface area contributed by atoms with E-state index in [4.69, 9.17) is 29.0 Å². The molecule has 2 unspecified atom stereocenters. The maximum absolute atomic E-state index is 14.5. The van der Waals surface area contributed by atoms with Crippen molar-refractivity contribution in [3.05, 3.63) is 81.7 Å². The van der Waals surface area contributed by atoms with E-state index < -0.39 is 67.6 Å². The molecule has 280 valence electrons. The Labute approximate surface area is 300 Å². The number of carbonyl (C=O) groups excluding carboxylic acids is 1. The Morgan fingerprint density at radius 1 is 1.12 bits per heavy atom. The van der Waals surface area contributed by atoms with E-state index in [1.807, 2.05) is 6.07 Å². The van der Waals surface area contributed by atoms with Crippen molar-refractivity contribution in [3.63, 3.8) is 0 Å². The van der Waals surface area contributed by atoms with Crippen LogP contribution in [0.4, 0.5) is 5.82 Å². The minimum Gasteiger partial charge on any atom is -0.394 e. The fourth-order valence-corrected chi connectivity index (χ4v) is 9.49. The van der Waals surface area contributed by atoms with Gasteiger partial charge in [0.15, 0.2) is 17.7 Å². The van der Waals surface area contributed by atoms with Gasteiger partial charge in [0.1, 0.15) is 42.5 Å². The molecule has 21 heteroatoms. The predicted octanol–water partition coefficient (Wildman–Crippen LogP) is 0.965. The first-order chi connectivity index (χ1) is 25.1. The molecule has 52 heavy (non-hydrogen) atoms. The molecular weight excluding hydrogens is 723 g/mol. The second-order valence-corrected chi connectivity index (χ2v) is 16.1. The number of aromatic amines is 1. The first kappa shape index (κ1) is 37.8. The maximum atomic E-state index is 14.5. The van der Waals surface area contributed by atoms with Crippen molar-refractivity contribution in [2.24, 2.45) is 0 Å². The number of aromatic nitrogens is 6. The molecule has 0 spiro atoms. The zero-order valence-electron chi connectivity index (χ0n) is 27.9. The lowest BCUT2D eigenvalue weighted by Gasteiger charge is -2.28. The number of imidazole rings is 1. The van der Waals surface area contributed by atoms with Gasteiger partial charge in [0.2, 0.25) is 0 Å². The SMILES string of the molecule is CO[C@H]1C(OP(=O)(OC[C@H]2O[C@@H](n3cnc4c(N)ncnc43)C[C@H]2O)SCCCCNC(=O)c2ccccc2)[C@@H](CO)O[C@H]1n1ccc(=O)[nH]c1=O. The molecule has 1 amide bonds. The van der Waals surface area contributed by atoms with Crippen molar-refractivity contribution < 1.29 is 42.8 Å². The Kier molecular flexibility index (Phi) is 12.2. The molecule has 0 saturated carbocycles. The van der Waals surface area contributed by atoms with Gasteiger partial charge in [0.25, 0.3) is 11.5 Å². The number of aliphatic hydroxyl groups excluding tert-OH is 2. The topological polar surface area (TPSA) is 257 Å². The van der Waals surface area contributed by atoms with Crippen molar-refractivity contribution >= 4 is 41.1 Å². The summed E-state index contributed by atoms with van der Waals surface area (Å²) in [4.78, 5) is 51.3. The molecule has 5 heterocycles. The summed E-state index contributed by atoms with van der Waals surface area (Å²) < 4.78 is 46.9. The van der Waals surface area contributed by atoms with Gasteiger partial charge in [-0.1, -0.05) is 18.2 Å². The standard InChI is InChI=1S/C31H39N8O11PS/c1-46-26-25(20(14-40)49-30(26)38-11-9-22(42)37-31(38)44)50-51(45,52-12-6-5-10-33-29(43)18-7-3-2-4-8-18)47-15-21-19(41)13-23(48-21)39-17-36-24-27(32)34-16-35-28(24)39/h2-4,7-9,11,16-17,19-21,23,25-26,30,40-41H,5-6,10,12-15H2,1H3,(H,33,43)(H2,32,34,35)(H,37,42,44)/t19-,20-,21-,23-,25?,26+,30-,51?/m1/s1. The summed E-state index contributed by atoms with van der Waals surface area (Å²) in [6.07, 6.45) is -2.03. The fraction of sp³-hybridized carbons (Fsp3) is 0.484. The van der Waals surface area contributed by atoms with Crippen molar-refractivity contribution in [2.45, 2.75) is 62.2 Å². The average molecular weight is 763 g/mol. The Hall–Kier alpha value is -3.98. The third-order valence-electron chi connectivity index (χ3n) is 8.55. The van der Waals surface area contributed by atoms with Crippen LogP contribution in [-0.4, -0.2) is 108 Å². The van der Waals surface area contributed by atoms with Crippen LogP contribution >= 0.6 is 18.2 Å². The van der Waals surface area contributed by atoms with E-state index in [0.29, 0.717) is 36.1 Å². The van der Waals surface area contributed by atoms with Gasteiger partial charge in [-0.05, 0) is 36.4 Å². The molecule has 3 aromatic heterocycles. The van der Waals surface area contributed by atoms with Crippen molar-refractivity contribution in [3.8, 4) is 0 Å². The van der Waals surface area contributed by atoms with E-state index in [1.54, 1.807) is 28.8 Å². The largest absolute Gasteiger partial charge is 0.394 e. The van der Waals surface area contributed by atoms with E-state index in [2.05, 4.69) is 25.3 Å². The molecule has 6 rings (SSSR count). The minimum atomic E-state index is -4.16. The summed E-state index contributed by atoms with van der Waals surface area (Å²) in [7, 11) is 1.33. The maximum Gasteiger partial charge on any atom is 0.389 e. The molecule has 0 bridgehead atoms. The van der Waals surface area contributed by atoms with Crippen LogP contribution in [0.1, 0.15) is 42.1 Å². The van der Waals surface area contributed by atoms with Crippen LogP contribution in [0.3, 0.4) is 0 Å². The molecule has 2 saturated heterocycles. The third kappa shape index (κ3) is 8.46. The number of amides is 1. The van der Waals surface area contributed by atoms with Crippen molar-refractivity contribution in [2.75, 3.05) is 38.4 Å².